The average molecular weight is 289 g/mol. The third kappa shape index (κ3) is 2.91. The molecule has 1 aliphatic rings. The maximum absolute atomic E-state index is 12.0. The number of rotatable bonds is 4. The maximum Gasteiger partial charge on any atom is 0.414 e. The van der Waals surface area contributed by atoms with Crippen LogP contribution in [0, 0.1) is 5.92 Å². The fourth-order valence-electron chi connectivity index (χ4n) is 2.75. The van der Waals surface area contributed by atoms with Gasteiger partial charge in [0.05, 0.1) is 19.1 Å². The summed E-state index contributed by atoms with van der Waals surface area (Å²) in [4.78, 5) is 25.0. The van der Waals surface area contributed by atoms with Crippen LogP contribution >= 0.6 is 0 Å². The number of carbonyl (C=O) groups excluding carboxylic acids is 1. The molecule has 0 saturated heterocycles. The molecule has 0 fully saturated rings. The lowest BCUT2D eigenvalue weighted by molar-refractivity contribution is -0.144. The standard InChI is InChI=1S/C16H19NO4/c1-3-6-13(15(18)19)14-12-8-5-4-7-11(12)9-10-17(14)16(20)21-2/h4-5,7-10,13-14H,3,6H2,1-2H3,(H,18,19). The van der Waals surface area contributed by atoms with E-state index in [4.69, 9.17) is 4.74 Å². The molecule has 5 heteroatoms. The van der Waals surface area contributed by atoms with E-state index >= 15 is 0 Å². The van der Waals surface area contributed by atoms with E-state index in [9.17, 15) is 14.7 Å². The summed E-state index contributed by atoms with van der Waals surface area (Å²) in [5.41, 5.74) is 1.77. The molecule has 0 bridgehead atoms. The van der Waals surface area contributed by atoms with E-state index in [-0.39, 0.29) is 0 Å². The van der Waals surface area contributed by atoms with Crippen LogP contribution in [-0.4, -0.2) is 29.2 Å². The summed E-state index contributed by atoms with van der Waals surface area (Å²) in [6.45, 7) is 1.93. The molecule has 5 nitrogen and oxygen atoms in total. The van der Waals surface area contributed by atoms with Crippen molar-refractivity contribution in [1.29, 1.82) is 0 Å². The van der Waals surface area contributed by atoms with E-state index in [0.717, 1.165) is 17.5 Å². The predicted octanol–water partition coefficient (Wildman–Crippen LogP) is 3.28. The number of fused-ring (bicyclic) bond motifs is 1. The lowest BCUT2D eigenvalue weighted by atomic mass is 9.84. The summed E-state index contributed by atoms with van der Waals surface area (Å²) in [7, 11) is 1.29. The molecule has 0 radical (unpaired) electrons. The van der Waals surface area contributed by atoms with Crippen molar-refractivity contribution in [3.05, 3.63) is 41.6 Å². The minimum absolute atomic E-state index is 0.496. The number of hydrogen-bond acceptors (Lipinski definition) is 3. The second-order valence-electron chi connectivity index (χ2n) is 5.00. The molecule has 1 heterocycles. The topological polar surface area (TPSA) is 66.8 Å². The van der Waals surface area contributed by atoms with Gasteiger partial charge in [-0.05, 0) is 23.6 Å². The quantitative estimate of drug-likeness (QED) is 0.923. The second-order valence-corrected chi connectivity index (χ2v) is 5.00. The van der Waals surface area contributed by atoms with Gasteiger partial charge in [-0.25, -0.2) is 4.79 Å². The number of ether oxygens (including phenoxy) is 1. The van der Waals surface area contributed by atoms with Crippen molar-refractivity contribution in [3.63, 3.8) is 0 Å². The number of amides is 1. The van der Waals surface area contributed by atoms with Gasteiger partial charge < -0.3 is 9.84 Å². The summed E-state index contributed by atoms with van der Waals surface area (Å²) in [6, 6.07) is 6.98. The molecule has 1 aromatic rings. The predicted molar refractivity (Wildman–Crippen MR) is 78.5 cm³/mol. The van der Waals surface area contributed by atoms with Gasteiger partial charge in [-0.1, -0.05) is 37.6 Å². The zero-order chi connectivity index (χ0) is 15.4. The van der Waals surface area contributed by atoms with Crippen LogP contribution < -0.4 is 0 Å². The molecule has 1 amide bonds. The van der Waals surface area contributed by atoms with Crippen molar-refractivity contribution in [2.75, 3.05) is 7.11 Å². The Morgan fingerprint density at radius 2 is 2.10 bits per heavy atom. The molecule has 2 rings (SSSR count). The zero-order valence-electron chi connectivity index (χ0n) is 12.2. The van der Waals surface area contributed by atoms with E-state index < -0.39 is 24.0 Å². The molecule has 0 saturated carbocycles. The van der Waals surface area contributed by atoms with E-state index in [1.807, 2.05) is 31.2 Å². The van der Waals surface area contributed by atoms with Crippen molar-refractivity contribution >= 4 is 18.1 Å². The first-order valence-electron chi connectivity index (χ1n) is 6.96. The van der Waals surface area contributed by atoms with Crippen LogP contribution in [-0.2, 0) is 9.53 Å². The largest absolute Gasteiger partial charge is 0.481 e. The van der Waals surface area contributed by atoms with Gasteiger partial charge in [0.25, 0.3) is 0 Å². The van der Waals surface area contributed by atoms with Crippen LogP contribution in [0.15, 0.2) is 30.5 Å². The highest BCUT2D eigenvalue weighted by molar-refractivity contribution is 5.77. The highest BCUT2D eigenvalue weighted by Gasteiger charge is 2.38. The molecule has 1 aromatic carbocycles. The molecular formula is C16H19NO4. The summed E-state index contributed by atoms with van der Waals surface area (Å²) in [5.74, 6) is -1.57. The number of carboxylic acid groups (broad SMARTS) is 1. The van der Waals surface area contributed by atoms with Crippen molar-refractivity contribution in [1.82, 2.24) is 4.90 Å². The third-order valence-electron chi connectivity index (χ3n) is 3.71. The zero-order valence-corrected chi connectivity index (χ0v) is 12.2. The fourth-order valence-corrected chi connectivity index (χ4v) is 2.75. The van der Waals surface area contributed by atoms with Gasteiger partial charge in [-0.2, -0.15) is 0 Å². The van der Waals surface area contributed by atoms with Crippen molar-refractivity contribution in [2.24, 2.45) is 5.92 Å². The van der Waals surface area contributed by atoms with Crippen LogP contribution in [0.1, 0.15) is 36.9 Å². The Labute approximate surface area is 123 Å². The van der Waals surface area contributed by atoms with Gasteiger partial charge in [-0.15, -0.1) is 0 Å². The van der Waals surface area contributed by atoms with E-state index in [2.05, 4.69) is 0 Å². The first kappa shape index (κ1) is 15.1. The Balaban J connectivity index is 2.50. The molecule has 2 atom stereocenters. The Morgan fingerprint density at radius 1 is 1.38 bits per heavy atom. The second kappa shape index (κ2) is 6.43. The summed E-state index contributed by atoms with van der Waals surface area (Å²) >= 11 is 0. The van der Waals surface area contributed by atoms with Gasteiger partial charge in [0.1, 0.15) is 0 Å². The van der Waals surface area contributed by atoms with Gasteiger partial charge in [0.2, 0.25) is 0 Å². The summed E-state index contributed by atoms with van der Waals surface area (Å²) in [5, 5.41) is 9.55. The maximum atomic E-state index is 12.0. The van der Waals surface area contributed by atoms with Crippen molar-refractivity contribution in [3.8, 4) is 0 Å². The normalized spacial score (nSPS) is 18.0. The summed E-state index contributed by atoms with van der Waals surface area (Å²) in [6.07, 6.45) is 4.08. The number of benzene rings is 1. The highest BCUT2D eigenvalue weighted by Crippen LogP contribution is 2.38. The van der Waals surface area contributed by atoms with E-state index in [1.54, 1.807) is 12.3 Å². The molecule has 0 aliphatic carbocycles. The highest BCUT2D eigenvalue weighted by atomic mass is 16.5. The van der Waals surface area contributed by atoms with E-state index in [0.29, 0.717) is 6.42 Å². The minimum Gasteiger partial charge on any atom is -0.481 e. The van der Waals surface area contributed by atoms with Crippen LogP contribution in [0.25, 0.3) is 6.08 Å². The van der Waals surface area contributed by atoms with Gasteiger partial charge in [0, 0.05) is 6.20 Å². The monoisotopic (exact) mass is 289 g/mol. The molecular weight excluding hydrogens is 270 g/mol. The Morgan fingerprint density at radius 3 is 2.71 bits per heavy atom. The molecule has 1 aliphatic heterocycles. The fraction of sp³-hybridized carbons (Fsp3) is 0.375. The first-order valence-corrected chi connectivity index (χ1v) is 6.96. The van der Waals surface area contributed by atoms with Crippen LogP contribution in [0.4, 0.5) is 4.79 Å². The van der Waals surface area contributed by atoms with Gasteiger partial charge in [-0.3, -0.25) is 9.69 Å². The van der Waals surface area contributed by atoms with Crippen LogP contribution in [0.2, 0.25) is 0 Å². The van der Waals surface area contributed by atoms with Gasteiger partial charge in [0.15, 0.2) is 0 Å². The Bertz CT molecular complexity index is 567. The first-order chi connectivity index (χ1) is 10.1. The molecule has 0 aromatic heterocycles. The smallest absolute Gasteiger partial charge is 0.414 e. The van der Waals surface area contributed by atoms with E-state index in [1.165, 1.54) is 12.0 Å². The van der Waals surface area contributed by atoms with Gasteiger partial charge >= 0.3 is 12.1 Å². The number of methoxy groups -OCH3 is 1. The third-order valence-corrected chi connectivity index (χ3v) is 3.71. The van der Waals surface area contributed by atoms with Crippen LogP contribution in [0.3, 0.4) is 0 Å². The number of aliphatic carboxylic acids is 1. The van der Waals surface area contributed by atoms with Crippen molar-refractivity contribution < 1.29 is 19.4 Å². The molecule has 112 valence electrons. The average Bonchev–Trinajstić information content (AvgIpc) is 2.50. The lowest BCUT2D eigenvalue weighted by Crippen LogP contribution is -2.39. The van der Waals surface area contributed by atoms with Crippen LogP contribution in [0.5, 0.6) is 0 Å². The molecule has 0 spiro atoms. The number of carboxylic acids is 1. The summed E-state index contributed by atoms with van der Waals surface area (Å²) < 4.78 is 4.79. The Kier molecular flexibility index (Phi) is 4.62. The molecule has 2 unspecified atom stereocenters. The lowest BCUT2D eigenvalue weighted by Gasteiger charge is -2.35. The Hall–Kier alpha value is -2.30. The minimum atomic E-state index is -0.902. The number of hydrogen-bond donors (Lipinski definition) is 1. The molecule has 1 N–H and O–H groups in total. The number of nitrogens with zero attached hydrogens (tertiary/aromatic N) is 1. The molecule has 21 heavy (non-hydrogen) atoms. The van der Waals surface area contributed by atoms with Crippen molar-refractivity contribution in [2.45, 2.75) is 25.8 Å². The number of carbonyl (C=O) groups is 2. The SMILES string of the molecule is CCCC(C(=O)O)C1c2ccccc2C=CN1C(=O)OC.